The predicted molar refractivity (Wildman–Crippen MR) is 115 cm³/mol. The first-order valence-corrected chi connectivity index (χ1v) is 10.3. The van der Waals surface area contributed by atoms with E-state index in [9.17, 15) is 22.0 Å². The third kappa shape index (κ3) is 4.52. The van der Waals surface area contributed by atoms with Gasteiger partial charge in [-0.2, -0.15) is 32.0 Å². The number of aryl methyl sites for hydroxylation is 2. The van der Waals surface area contributed by atoms with Crippen molar-refractivity contribution in [1.29, 1.82) is 0 Å². The molecule has 4 aromatic rings. The van der Waals surface area contributed by atoms with Crippen LogP contribution in [0.25, 0.3) is 17.1 Å². The molecule has 10 heteroatoms. The molecule has 0 unspecified atom stereocenters. The molecule has 0 aliphatic carbocycles. The lowest BCUT2D eigenvalue weighted by Gasteiger charge is -2.26. The van der Waals surface area contributed by atoms with Gasteiger partial charge in [-0.1, -0.05) is 0 Å². The first kappa shape index (κ1) is 23.5. The zero-order chi connectivity index (χ0) is 24.8. The molecular formula is C24H20F5N5. The van der Waals surface area contributed by atoms with Crippen LogP contribution in [-0.4, -0.2) is 24.7 Å². The van der Waals surface area contributed by atoms with Crippen molar-refractivity contribution < 1.29 is 22.0 Å². The van der Waals surface area contributed by atoms with Gasteiger partial charge in [0.05, 0.1) is 22.6 Å². The molecule has 4 aromatic heterocycles. The monoisotopic (exact) mass is 473 g/mol. The first-order valence-electron chi connectivity index (χ1n) is 10.3. The normalized spacial score (nSPS) is 12.3. The minimum absolute atomic E-state index is 0.0521. The molecular weight excluding hydrogens is 453 g/mol. The summed E-state index contributed by atoms with van der Waals surface area (Å²) in [6, 6.07) is 10.1. The van der Waals surface area contributed by atoms with Crippen LogP contribution in [0.2, 0.25) is 0 Å². The van der Waals surface area contributed by atoms with E-state index < -0.39 is 29.2 Å². The Balaban J connectivity index is 1.79. The average molecular weight is 473 g/mol. The number of halogens is 5. The van der Waals surface area contributed by atoms with E-state index in [-0.39, 0.29) is 17.1 Å². The Morgan fingerprint density at radius 3 is 2.03 bits per heavy atom. The smallest absolute Gasteiger partial charge is 0.252 e. The van der Waals surface area contributed by atoms with Crippen LogP contribution in [0.5, 0.6) is 0 Å². The van der Waals surface area contributed by atoms with Crippen LogP contribution in [0.1, 0.15) is 42.1 Å². The SMILES string of the molecule is Cc1cc(-c2ccc(F)nc2F)nc(C(C)(C)c2cc(C)cc(-n3ccc(C(F)(F)F)n3)n2)c1. The predicted octanol–water partition coefficient (Wildman–Crippen LogP) is 5.96. The van der Waals surface area contributed by atoms with Gasteiger partial charge in [-0.05, 0) is 81.3 Å². The second kappa shape index (κ2) is 8.27. The van der Waals surface area contributed by atoms with E-state index in [1.54, 1.807) is 25.1 Å². The summed E-state index contributed by atoms with van der Waals surface area (Å²) in [5.74, 6) is -1.68. The molecule has 5 nitrogen and oxygen atoms in total. The fourth-order valence-electron chi connectivity index (χ4n) is 3.55. The highest BCUT2D eigenvalue weighted by molar-refractivity contribution is 5.60. The highest BCUT2D eigenvalue weighted by Crippen LogP contribution is 2.33. The highest BCUT2D eigenvalue weighted by atomic mass is 19.4. The Labute approximate surface area is 192 Å². The van der Waals surface area contributed by atoms with Crippen molar-refractivity contribution in [2.75, 3.05) is 0 Å². The zero-order valence-electron chi connectivity index (χ0n) is 18.7. The second-order valence-corrected chi connectivity index (χ2v) is 8.54. The van der Waals surface area contributed by atoms with Gasteiger partial charge in [-0.3, -0.25) is 4.98 Å². The molecule has 4 heterocycles. The van der Waals surface area contributed by atoms with Crippen molar-refractivity contribution in [3.8, 4) is 17.1 Å². The number of pyridine rings is 3. The maximum absolute atomic E-state index is 14.3. The standard InChI is InChI=1S/C24H20F5N5/c1-13-9-16(15-5-6-20(25)32-22(15)26)30-18(10-13)23(3,4)19-11-14(2)12-21(31-19)34-8-7-17(33-34)24(27,28)29/h5-12H,1-4H3. The van der Waals surface area contributed by atoms with Gasteiger partial charge in [0.25, 0.3) is 0 Å². The summed E-state index contributed by atoms with van der Waals surface area (Å²) in [5, 5.41) is 3.61. The van der Waals surface area contributed by atoms with Crippen LogP contribution < -0.4 is 0 Å². The third-order valence-electron chi connectivity index (χ3n) is 5.41. The molecule has 34 heavy (non-hydrogen) atoms. The molecule has 0 spiro atoms. The van der Waals surface area contributed by atoms with Crippen molar-refractivity contribution in [3.63, 3.8) is 0 Å². The lowest BCUT2D eigenvalue weighted by Crippen LogP contribution is -2.24. The van der Waals surface area contributed by atoms with Crippen LogP contribution in [0, 0.1) is 25.7 Å². The topological polar surface area (TPSA) is 56.5 Å². The van der Waals surface area contributed by atoms with Crippen molar-refractivity contribution in [3.05, 3.63) is 88.8 Å². The van der Waals surface area contributed by atoms with Gasteiger partial charge in [0.1, 0.15) is 0 Å². The van der Waals surface area contributed by atoms with Crippen LogP contribution in [0.3, 0.4) is 0 Å². The summed E-state index contributed by atoms with van der Waals surface area (Å²) < 4.78 is 67.6. The van der Waals surface area contributed by atoms with E-state index in [0.717, 1.165) is 27.9 Å². The van der Waals surface area contributed by atoms with Gasteiger partial charge in [0, 0.05) is 11.6 Å². The van der Waals surface area contributed by atoms with Crippen LogP contribution >= 0.6 is 0 Å². The van der Waals surface area contributed by atoms with E-state index in [0.29, 0.717) is 11.4 Å². The van der Waals surface area contributed by atoms with Crippen LogP contribution in [0.15, 0.2) is 48.7 Å². The Kier molecular flexibility index (Phi) is 5.71. The quantitative estimate of drug-likeness (QED) is 0.271. The summed E-state index contributed by atoms with van der Waals surface area (Å²) in [6.07, 6.45) is -3.36. The van der Waals surface area contributed by atoms with Gasteiger partial charge >= 0.3 is 6.18 Å². The molecule has 0 saturated carbocycles. The number of aromatic nitrogens is 5. The molecule has 0 bridgehead atoms. The van der Waals surface area contributed by atoms with E-state index in [2.05, 4.69) is 20.1 Å². The summed E-state index contributed by atoms with van der Waals surface area (Å²) in [4.78, 5) is 12.4. The molecule has 0 atom stereocenters. The average Bonchev–Trinajstić information content (AvgIpc) is 3.24. The molecule has 0 N–H and O–H groups in total. The minimum Gasteiger partial charge on any atom is -0.252 e. The van der Waals surface area contributed by atoms with Gasteiger partial charge in [-0.15, -0.1) is 0 Å². The first-order chi connectivity index (χ1) is 15.8. The second-order valence-electron chi connectivity index (χ2n) is 8.54. The Hall–Kier alpha value is -3.69. The number of rotatable bonds is 4. The van der Waals surface area contributed by atoms with Crippen molar-refractivity contribution in [2.24, 2.45) is 0 Å². The molecule has 0 fully saturated rings. The molecule has 4 rings (SSSR count). The summed E-state index contributed by atoms with van der Waals surface area (Å²) in [5.41, 5.74) is 1.13. The molecule has 0 saturated heterocycles. The Morgan fingerprint density at radius 1 is 0.765 bits per heavy atom. The fraction of sp³-hybridized carbons (Fsp3) is 0.250. The zero-order valence-corrected chi connectivity index (χ0v) is 18.7. The van der Waals surface area contributed by atoms with E-state index in [1.165, 1.54) is 12.3 Å². The van der Waals surface area contributed by atoms with Crippen molar-refractivity contribution >= 4 is 0 Å². The highest BCUT2D eigenvalue weighted by Gasteiger charge is 2.34. The number of alkyl halides is 3. The van der Waals surface area contributed by atoms with Gasteiger partial charge < -0.3 is 0 Å². The summed E-state index contributed by atoms with van der Waals surface area (Å²) >= 11 is 0. The number of nitrogens with zero attached hydrogens (tertiary/aromatic N) is 5. The van der Waals surface area contributed by atoms with Crippen LogP contribution in [0.4, 0.5) is 22.0 Å². The van der Waals surface area contributed by atoms with Gasteiger partial charge in [-0.25, -0.2) is 9.67 Å². The van der Waals surface area contributed by atoms with E-state index in [1.807, 2.05) is 26.8 Å². The van der Waals surface area contributed by atoms with Gasteiger partial charge in [0.2, 0.25) is 11.9 Å². The Bertz CT molecular complexity index is 1370. The molecule has 0 aliphatic rings. The lowest BCUT2D eigenvalue weighted by molar-refractivity contribution is -0.141. The van der Waals surface area contributed by atoms with Crippen molar-refractivity contribution in [2.45, 2.75) is 39.3 Å². The summed E-state index contributed by atoms with van der Waals surface area (Å²) in [7, 11) is 0. The Morgan fingerprint density at radius 2 is 1.41 bits per heavy atom. The van der Waals surface area contributed by atoms with E-state index in [4.69, 9.17) is 0 Å². The molecule has 0 radical (unpaired) electrons. The largest absolute Gasteiger partial charge is 0.435 e. The lowest BCUT2D eigenvalue weighted by atomic mass is 9.83. The van der Waals surface area contributed by atoms with Crippen molar-refractivity contribution in [1.82, 2.24) is 24.7 Å². The number of hydrogen-bond acceptors (Lipinski definition) is 4. The molecule has 176 valence electrons. The van der Waals surface area contributed by atoms with Crippen LogP contribution in [-0.2, 0) is 11.6 Å². The minimum atomic E-state index is -4.57. The maximum atomic E-state index is 14.3. The molecule has 0 aliphatic heterocycles. The van der Waals surface area contributed by atoms with Gasteiger partial charge in [0.15, 0.2) is 11.5 Å². The van der Waals surface area contributed by atoms with E-state index >= 15 is 0 Å². The molecule has 0 amide bonds. The molecule has 0 aromatic carbocycles. The number of hydrogen-bond donors (Lipinski definition) is 0. The fourth-order valence-corrected chi connectivity index (χ4v) is 3.55. The maximum Gasteiger partial charge on any atom is 0.435 e. The third-order valence-corrected chi connectivity index (χ3v) is 5.41. The summed E-state index contributed by atoms with van der Waals surface area (Å²) in [6.45, 7) is 7.33.